The molecular formula is C10H10ClFO. The third kappa shape index (κ3) is 3.15. The first-order chi connectivity index (χ1) is 6.09. The molecule has 3 heteroatoms. The molecule has 70 valence electrons. The molecule has 0 aliphatic rings. The maximum atomic E-state index is 12.7. The van der Waals surface area contributed by atoms with Crippen molar-refractivity contribution < 1.29 is 9.18 Å². The number of Topliss-reactive ketones (excluding diaryl/α,β-unsaturated/α-hetero) is 1. The van der Waals surface area contributed by atoms with Crippen molar-refractivity contribution in [1.82, 2.24) is 0 Å². The molecule has 0 saturated heterocycles. The summed E-state index contributed by atoms with van der Waals surface area (Å²) in [5.74, 6) is -0.298. The van der Waals surface area contributed by atoms with E-state index in [2.05, 4.69) is 0 Å². The van der Waals surface area contributed by atoms with Crippen molar-refractivity contribution in [2.75, 3.05) is 0 Å². The number of carbonyl (C=O) groups is 1. The molecule has 0 spiro atoms. The van der Waals surface area contributed by atoms with Crippen molar-refractivity contribution in [3.8, 4) is 0 Å². The predicted molar refractivity (Wildman–Crippen MR) is 50.4 cm³/mol. The highest BCUT2D eigenvalue weighted by molar-refractivity contribution is 6.30. The summed E-state index contributed by atoms with van der Waals surface area (Å²) in [6.45, 7) is 1.53. The van der Waals surface area contributed by atoms with Crippen molar-refractivity contribution in [3.63, 3.8) is 0 Å². The monoisotopic (exact) mass is 200 g/mol. The second kappa shape index (κ2) is 4.38. The van der Waals surface area contributed by atoms with Crippen molar-refractivity contribution in [3.05, 3.63) is 34.6 Å². The Kier molecular flexibility index (Phi) is 3.43. The second-order valence-corrected chi connectivity index (χ2v) is 3.36. The van der Waals surface area contributed by atoms with Gasteiger partial charge in [-0.25, -0.2) is 4.39 Å². The smallest absolute Gasteiger partial charge is 0.141 e. The largest absolute Gasteiger partial charge is 0.300 e. The topological polar surface area (TPSA) is 17.1 Å². The molecule has 0 saturated carbocycles. The summed E-state index contributed by atoms with van der Waals surface area (Å²) in [4.78, 5) is 10.7. The van der Waals surface area contributed by atoms with Gasteiger partial charge in [0.05, 0.1) is 5.02 Å². The number of rotatable bonds is 3. The van der Waals surface area contributed by atoms with Crippen LogP contribution in [0.1, 0.15) is 18.9 Å². The molecule has 1 rings (SSSR count). The van der Waals surface area contributed by atoms with Gasteiger partial charge in [-0.3, -0.25) is 0 Å². The lowest BCUT2D eigenvalue weighted by Gasteiger charge is -2.00. The molecule has 0 atom stereocenters. The Morgan fingerprint density at radius 3 is 2.77 bits per heavy atom. The SMILES string of the molecule is CC(=O)CCc1ccc(F)c(Cl)c1. The van der Waals surface area contributed by atoms with E-state index in [1.54, 1.807) is 12.1 Å². The minimum absolute atomic E-state index is 0.112. The number of halogens is 2. The van der Waals surface area contributed by atoms with Crippen LogP contribution in [0.5, 0.6) is 0 Å². The standard InChI is InChI=1S/C10H10ClFO/c1-7(13)2-3-8-4-5-10(12)9(11)6-8/h4-6H,2-3H2,1H3. The predicted octanol–water partition coefficient (Wildman–Crippen LogP) is 3.00. The van der Waals surface area contributed by atoms with Gasteiger partial charge in [-0.2, -0.15) is 0 Å². The summed E-state index contributed by atoms with van der Waals surface area (Å²) in [5.41, 5.74) is 0.890. The fourth-order valence-electron chi connectivity index (χ4n) is 1.02. The number of hydrogen-bond donors (Lipinski definition) is 0. The molecule has 0 unspecified atom stereocenters. The number of ketones is 1. The molecule has 0 heterocycles. The first-order valence-corrected chi connectivity index (χ1v) is 4.41. The van der Waals surface area contributed by atoms with Gasteiger partial charge in [0.15, 0.2) is 0 Å². The lowest BCUT2D eigenvalue weighted by molar-refractivity contribution is -0.116. The van der Waals surface area contributed by atoms with E-state index in [-0.39, 0.29) is 10.8 Å². The van der Waals surface area contributed by atoms with Crippen molar-refractivity contribution >= 4 is 17.4 Å². The highest BCUT2D eigenvalue weighted by Gasteiger charge is 2.01. The molecule has 1 aromatic carbocycles. The van der Waals surface area contributed by atoms with E-state index in [4.69, 9.17) is 11.6 Å². The summed E-state index contributed by atoms with van der Waals surface area (Å²) in [6.07, 6.45) is 1.09. The van der Waals surface area contributed by atoms with Crippen molar-refractivity contribution in [2.24, 2.45) is 0 Å². The Morgan fingerprint density at radius 2 is 2.23 bits per heavy atom. The summed E-state index contributed by atoms with van der Waals surface area (Å²) in [5, 5.41) is 0.112. The zero-order valence-electron chi connectivity index (χ0n) is 7.31. The van der Waals surface area contributed by atoms with Crippen LogP contribution in [0.2, 0.25) is 5.02 Å². The van der Waals surface area contributed by atoms with E-state index in [0.717, 1.165) is 5.56 Å². The number of hydrogen-bond acceptors (Lipinski definition) is 1. The van der Waals surface area contributed by atoms with Crippen LogP contribution >= 0.6 is 11.6 Å². The van der Waals surface area contributed by atoms with Gasteiger partial charge in [-0.1, -0.05) is 17.7 Å². The van der Waals surface area contributed by atoms with Gasteiger partial charge < -0.3 is 4.79 Å². The molecule has 1 aromatic rings. The average molecular weight is 201 g/mol. The fraction of sp³-hybridized carbons (Fsp3) is 0.300. The lowest BCUT2D eigenvalue weighted by atomic mass is 10.1. The van der Waals surface area contributed by atoms with Crippen LogP contribution in [0.3, 0.4) is 0 Å². The van der Waals surface area contributed by atoms with E-state index in [1.807, 2.05) is 0 Å². The molecular weight excluding hydrogens is 191 g/mol. The quantitative estimate of drug-likeness (QED) is 0.733. The Labute approximate surface area is 81.5 Å². The summed E-state index contributed by atoms with van der Waals surface area (Å²) >= 11 is 5.57. The van der Waals surface area contributed by atoms with Crippen LogP contribution in [-0.4, -0.2) is 5.78 Å². The fourth-order valence-corrected chi connectivity index (χ4v) is 1.22. The number of benzene rings is 1. The van der Waals surface area contributed by atoms with Crippen molar-refractivity contribution in [1.29, 1.82) is 0 Å². The van der Waals surface area contributed by atoms with Gasteiger partial charge >= 0.3 is 0 Å². The van der Waals surface area contributed by atoms with E-state index >= 15 is 0 Å². The third-order valence-electron chi connectivity index (χ3n) is 1.75. The molecule has 0 bridgehead atoms. The van der Waals surface area contributed by atoms with Gasteiger partial charge in [0.1, 0.15) is 11.6 Å². The minimum atomic E-state index is -0.423. The van der Waals surface area contributed by atoms with Gasteiger partial charge in [0, 0.05) is 6.42 Å². The van der Waals surface area contributed by atoms with Crippen LogP contribution < -0.4 is 0 Å². The normalized spacial score (nSPS) is 10.1. The minimum Gasteiger partial charge on any atom is -0.300 e. The molecule has 13 heavy (non-hydrogen) atoms. The van der Waals surface area contributed by atoms with E-state index in [9.17, 15) is 9.18 Å². The van der Waals surface area contributed by atoms with Gasteiger partial charge in [0.2, 0.25) is 0 Å². The first-order valence-electron chi connectivity index (χ1n) is 4.03. The molecule has 1 nitrogen and oxygen atoms in total. The summed E-state index contributed by atoms with van der Waals surface area (Å²) in [6, 6.07) is 4.52. The second-order valence-electron chi connectivity index (χ2n) is 2.95. The maximum absolute atomic E-state index is 12.7. The van der Waals surface area contributed by atoms with Gasteiger partial charge in [0.25, 0.3) is 0 Å². The highest BCUT2D eigenvalue weighted by atomic mass is 35.5. The number of aryl methyl sites for hydroxylation is 1. The van der Waals surface area contributed by atoms with E-state index in [0.29, 0.717) is 12.8 Å². The Hall–Kier alpha value is -0.890. The van der Waals surface area contributed by atoms with E-state index < -0.39 is 5.82 Å². The molecule has 0 aliphatic heterocycles. The number of carbonyl (C=O) groups excluding carboxylic acids is 1. The average Bonchev–Trinajstić information content (AvgIpc) is 2.07. The lowest BCUT2D eigenvalue weighted by Crippen LogP contribution is -1.94. The van der Waals surface area contributed by atoms with Crippen LogP contribution in [0, 0.1) is 5.82 Å². The summed E-state index contributed by atoms with van der Waals surface area (Å²) < 4.78 is 12.7. The van der Waals surface area contributed by atoms with Crippen molar-refractivity contribution in [2.45, 2.75) is 19.8 Å². The molecule has 0 fully saturated rings. The van der Waals surface area contributed by atoms with E-state index in [1.165, 1.54) is 13.0 Å². The zero-order valence-corrected chi connectivity index (χ0v) is 8.07. The molecule has 0 radical (unpaired) electrons. The van der Waals surface area contributed by atoms with Crippen LogP contribution in [0.4, 0.5) is 4.39 Å². The highest BCUT2D eigenvalue weighted by Crippen LogP contribution is 2.16. The molecule has 0 aromatic heterocycles. The molecule has 0 N–H and O–H groups in total. The Bertz CT molecular complexity index is 323. The first kappa shape index (κ1) is 10.2. The molecule has 0 amide bonds. The zero-order chi connectivity index (χ0) is 9.84. The third-order valence-corrected chi connectivity index (χ3v) is 2.04. The van der Waals surface area contributed by atoms with Crippen LogP contribution in [0.25, 0.3) is 0 Å². The van der Waals surface area contributed by atoms with Gasteiger partial charge in [-0.05, 0) is 31.0 Å². The maximum Gasteiger partial charge on any atom is 0.141 e. The van der Waals surface area contributed by atoms with Gasteiger partial charge in [-0.15, -0.1) is 0 Å². The Balaban J connectivity index is 2.68. The van der Waals surface area contributed by atoms with Crippen LogP contribution in [0.15, 0.2) is 18.2 Å². The summed E-state index contributed by atoms with van der Waals surface area (Å²) in [7, 11) is 0. The molecule has 0 aliphatic carbocycles. The Morgan fingerprint density at radius 1 is 1.54 bits per heavy atom. The van der Waals surface area contributed by atoms with Crippen LogP contribution in [-0.2, 0) is 11.2 Å².